The van der Waals surface area contributed by atoms with Crippen LogP contribution in [0.5, 0.6) is 11.5 Å². The molecule has 0 radical (unpaired) electrons. The number of nitrogens with zero attached hydrogens (tertiary/aromatic N) is 1. The minimum absolute atomic E-state index is 0.240. The van der Waals surface area contributed by atoms with Crippen molar-refractivity contribution < 1.29 is 19.4 Å². The third-order valence-corrected chi connectivity index (χ3v) is 4.71. The van der Waals surface area contributed by atoms with Crippen LogP contribution in [0.25, 0.3) is 0 Å². The van der Waals surface area contributed by atoms with Gasteiger partial charge >= 0.3 is 5.97 Å². The van der Waals surface area contributed by atoms with Crippen LogP contribution in [0.4, 0.5) is 0 Å². The maximum absolute atomic E-state index is 11.1. The quantitative estimate of drug-likeness (QED) is 0.755. The number of rotatable bonds is 5. The molecule has 1 aromatic carbocycles. The molecule has 1 aromatic heterocycles. The summed E-state index contributed by atoms with van der Waals surface area (Å²) in [5.74, 6) is 0.412. The van der Waals surface area contributed by atoms with Crippen LogP contribution in [0.15, 0.2) is 36.5 Å². The first-order valence-electron chi connectivity index (χ1n) is 8.77. The summed E-state index contributed by atoms with van der Waals surface area (Å²) < 4.78 is 11.4. The number of pyridine rings is 1. The van der Waals surface area contributed by atoms with E-state index in [4.69, 9.17) is 14.6 Å². The van der Waals surface area contributed by atoms with Crippen molar-refractivity contribution in [2.45, 2.75) is 38.0 Å². The highest BCUT2D eigenvalue weighted by Crippen LogP contribution is 2.29. The molecule has 1 unspecified atom stereocenters. The van der Waals surface area contributed by atoms with Crippen LogP contribution in [-0.2, 0) is 17.8 Å². The van der Waals surface area contributed by atoms with Gasteiger partial charge < -0.3 is 14.6 Å². The highest BCUT2D eigenvalue weighted by molar-refractivity contribution is 5.73. The summed E-state index contributed by atoms with van der Waals surface area (Å²) in [5.41, 5.74) is 9.24. The molecular formula is C19H21N3O4. The Morgan fingerprint density at radius 2 is 2.23 bits per heavy atom. The summed E-state index contributed by atoms with van der Waals surface area (Å²) >= 11 is 0. The average molecular weight is 355 g/mol. The van der Waals surface area contributed by atoms with E-state index in [9.17, 15) is 4.79 Å². The van der Waals surface area contributed by atoms with Crippen LogP contribution in [0.1, 0.15) is 35.7 Å². The second-order valence-electron chi connectivity index (χ2n) is 6.55. The van der Waals surface area contributed by atoms with Gasteiger partial charge in [0.25, 0.3) is 0 Å². The van der Waals surface area contributed by atoms with Crippen molar-refractivity contribution in [3.63, 3.8) is 0 Å². The minimum atomic E-state index is -0.921. The predicted molar refractivity (Wildman–Crippen MR) is 93.9 cm³/mol. The van der Waals surface area contributed by atoms with E-state index >= 15 is 0 Å². The van der Waals surface area contributed by atoms with Gasteiger partial charge in [-0.05, 0) is 48.6 Å². The number of benzene rings is 1. The van der Waals surface area contributed by atoms with Gasteiger partial charge in [-0.15, -0.1) is 0 Å². The highest BCUT2D eigenvalue weighted by Gasteiger charge is 2.25. The molecule has 26 heavy (non-hydrogen) atoms. The lowest BCUT2D eigenvalue weighted by molar-refractivity contribution is -0.145. The molecule has 2 aromatic rings. The smallest absolute Gasteiger partial charge is 0.344 e. The molecule has 1 fully saturated rings. The Balaban J connectivity index is 1.39. The molecular weight excluding hydrogens is 334 g/mol. The number of hydrogen-bond acceptors (Lipinski definition) is 6. The van der Waals surface area contributed by atoms with E-state index in [0.29, 0.717) is 30.9 Å². The molecule has 0 amide bonds. The number of carboxylic acids is 1. The lowest BCUT2D eigenvalue weighted by Crippen LogP contribution is -2.30. The Kier molecular flexibility index (Phi) is 4.73. The first-order valence-corrected chi connectivity index (χ1v) is 8.77. The van der Waals surface area contributed by atoms with Crippen molar-refractivity contribution in [3.8, 4) is 11.5 Å². The molecule has 0 bridgehead atoms. The number of nitrogens with one attached hydrogen (secondary N) is 2. The summed E-state index contributed by atoms with van der Waals surface area (Å²) in [4.78, 5) is 15.6. The van der Waals surface area contributed by atoms with Crippen LogP contribution in [0, 0.1) is 0 Å². The normalized spacial score (nSPS) is 21.7. The number of fused-ring (bicyclic) bond motifs is 1. The van der Waals surface area contributed by atoms with Gasteiger partial charge in [-0.25, -0.2) is 10.2 Å². The monoisotopic (exact) mass is 355 g/mol. The summed E-state index contributed by atoms with van der Waals surface area (Å²) in [6.45, 7) is 1.31. The number of carbonyl (C=O) groups is 1. The van der Waals surface area contributed by atoms with E-state index in [-0.39, 0.29) is 6.04 Å². The van der Waals surface area contributed by atoms with E-state index in [2.05, 4.69) is 15.8 Å². The molecule has 0 saturated carbocycles. The van der Waals surface area contributed by atoms with Crippen LogP contribution in [0.3, 0.4) is 0 Å². The molecule has 2 aliphatic rings. The summed E-state index contributed by atoms with van der Waals surface area (Å²) in [6, 6.07) is 9.95. The second-order valence-corrected chi connectivity index (χ2v) is 6.55. The van der Waals surface area contributed by atoms with Crippen LogP contribution in [-0.4, -0.2) is 28.7 Å². The van der Waals surface area contributed by atoms with E-state index in [1.165, 1.54) is 0 Å². The summed E-state index contributed by atoms with van der Waals surface area (Å²) in [7, 11) is 0. The van der Waals surface area contributed by atoms with E-state index < -0.39 is 12.1 Å². The fourth-order valence-corrected chi connectivity index (χ4v) is 3.23. The van der Waals surface area contributed by atoms with Gasteiger partial charge in [0.15, 0.2) is 6.10 Å². The molecule has 0 aliphatic carbocycles. The fraction of sp³-hybridized carbons (Fsp3) is 0.368. The minimum Gasteiger partial charge on any atom is -0.487 e. The first-order chi connectivity index (χ1) is 12.7. The molecule has 2 atom stereocenters. The van der Waals surface area contributed by atoms with E-state index in [0.717, 1.165) is 29.8 Å². The molecule has 1 saturated heterocycles. The van der Waals surface area contributed by atoms with Crippen molar-refractivity contribution in [1.29, 1.82) is 0 Å². The zero-order valence-electron chi connectivity index (χ0n) is 14.3. The molecule has 3 heterocycles. The zero-order chi connectivity index (χ0) is 17.9. The average Bonchev–Trinajstić information content (AvgIpc) is 3.21. The molecule has 136 valence electrons. The van der Waals surface area contributed by atoms with Gasteiger partial charge in [-0.1, -0.05) is 12.1 Å². The van der Waals surface area contributed by atoms with E-state index in [1.54, 1.807) is 6.20 Å². The van der Waals surface area contributed by atoms with Crippen molar-refractivity contribution in [2.24, 2.45) is 0 Å². The number of aromatic nitrogens is 1. The first kappa shape index (κ1) is 16.8. The number of ether oxygens (including phenoxy) is 2. The van der Waals surface area contributed by atoms with Gasteiger partial charge in [0.2, 0.25) is 0 Å². The summed E-state index contributed by atoms with van der Waals surface area (Å²) in [6.07, 6.45) is 3.18. The van der Waals surface area contributed by atoms with Crippen LogP contribution < -0.4 is 20.3 Å². The van der Waals surface area contributed by atoms with Gasteiger partial charge in [0, 0.05) is 6.54 Å². The predicted octanol–water partition coefficient (Wildman–Crippen LogP) is 1.98. The molecule has 7 heteroatoms. The topological polar surface area (TPSA) is 92.7 Å². The fourth-order valence-electron chi connectivity index (χ4n) is 3.23. The van der Waals surface area contributed by atoms with Crippen LogP contribution >= 0.6 is 0 Å². The van der Waals surface area contributed by atoms with Gasteiger partial charge in [-0.3, -0.25) is 10.4 Å². The number of hydrogen-bond donors (Lipinski definition) is 3. The number of hydrazine groups is 1. The Labute approximate surface area is 151 Å². The number of aryl methyl sites for hydroxylation is 1. The molecule has 3 N–H and O–H groups in total. The van der Waals surface area contributed by atoms with Crippen molar-refractivity contribution >= 4 is 5.97 Å². The lowest BCUT2D eigenvalue weighted by atomic mass is 10.0. The molecule has 4 rings (SSSR count). The Bertz CT molecular complexity index is 788. The van der Waals surface area contributed by atoms with Crippen LogP contribution in [0.2, 0.25) is 0 Å². The third kappa shape index (κ3) is 3.63. The Hall–Kier alpha value is -2.64. The summed E-state index contributed by atoms with van der Waals surface area (Å²) in [5, 5.41) is 9.12. The number of carboxylic acid groups (broad SMARTS) is 1. The second kappa shape index (κ2) is 7.31. The largest absolute Gasteiger partial charge is 0.487 e. The highest BCUT2D eigenvalue weighted by atomic mass is 16.5. The zero-order valence-corrected chi connectivity index (χ0v) is 14.3. The Morgan fingerprint density at radius 1 is 1.31 bits per heavy atom. The van der Waals surface area contributed by atoms with Gasteiger partial charge in [-0.2, -0.15) is 0 Å². The van der Waals surface area contributed by atoms with Crippen molar-refractivity contribution in [3.05, 3.63) is 53.3 Å². The molecule has 7 nitrogen and oxygen atoms in total. The lowest BCUT2D eigenvalue weighted by Gasteiger charge is -2.23. The maximum atomic E-state index is 11.1. The third-order valence-electron chi connectivity index (χ3n) is 4.71. The van der Waals surface area contributed by atoms with Gasteiger partial charge in [0.1, 0.15) is 18.1 Å². The number of aliphatic carboxylic acids is 1. The maximum Gasteiger partial charge on any atom is 0.344 e. The SMILES string of the molecule is O=C(O)[C@H]1CCc2ccc(COc3ccc(C4CCNN4)nc3)cc2O1. The Morgan fingerprint density at radius 3 is 2.96 bits per heavy atom. The molecule has 2 aliphatic heterocycles. The van der Waals surface area contributed by atoms with Gasteiger partial charge in [0.05, 0.1) is 17.9 Å². The van der Waals surface area contributed by atoms with Crippen molar-refractivity contribution in [2.75, 3.05) is 6.54 Å². The van der Waals surface area contributed by atoms with Crippen molar-refractivity contribution in [1.82, 2.24) is 15.8 Å². The van der Waals surface area contributed by atoms with E-state index in [1.807, 2.05) is 30.3 Å². The standard InChI is InChI=1S/C19H21N3O4/c23-19(24)17-6-3-13-2-1-12(9-18(13)26-17)11-25-14-4-5-15(20-10-14)16-7-8-21-22-16/h1-2,4-5,9-10,16-17,21-22H,3,6-8,11H2,(H,23,24)/t16?,17-/m1/s1. The molecule has 0 spiro atoms.